The first kappa shape index (κ1) is 12.4. The van der Waals surface area contributed by atoms with Crippen molar-refractivity contribution < 1.29 is 4.79 Å². The number of benzene rings is 1. The average molecular weight is 256 g/mol. The van der Waals surface area contributed by atoms with E-state index in [9.17, 15) is 4.79 Å². The highest BCUT2D eigenvalue weighted by Gasteiger charge is 2.47. The molecule has 1 saturated carbocycles. The number of aliphatic imine (C=N–C) groups is 1. The number of rotatable bonds is 3. The lowest BCUT2D eigenvalue weighted by atomic mass is 9.63. The highest BCUT2D eigenvalue weighted by molar-refractivity contribution is 6.10. The molecule has 1 fully saturated rings. The fraction of sp³-hybridized carbons (Fsp3) is 0.500. The van der Waals surface area contributed by atoms with Gasteiger partial charge in [0.15, 0.2) is 0 Å². The molecule has 1 atom stereocenters. The first-order valence-electron chi connectivity index (χ1n) is 7.08. The van der Waals surface area contributed by atoms with Crippen LogP contribution in [0.3, 0.4) is 0 Å². The van der Waals surface area contributed by atoms with Crippen molar-refractivity contribution in [2.45, 2.75) is 44.6 Å². The summed E-state index contributed by atoms with van der Waals surface area (Å²) < 4.78 is 0. The maximum atomic E-state index is 12.0. The molecule has 0 saturated heterocycles. The van der Waals surface area contributed by atoms with E-state index >= 15 is 0 Å². The Morgan fingerprint density at radius 2 is 1.95 bits per heavy atom. The van der Waals surface area contributed by atoms with Crippen LogP contribution in [-0.4, -0.2) is 17.8 Å². The smallest absolute Gasteiger partial charge is 0.250 e. The maximum absolute atomic E-state index is 12.0. The van der Waals surface area contributed by atoms with E-state index in [1.165, 1.54) is 12.0 Å². The van der Waals surface area contributed by atoms with Gasteiger partial charge in [-0.15, -0.1) is 0 Å². The van der Waals surface area contributed by atoms with Crippen LogP contribution in [0.1, 0.15) is 38.7 Å². The zero-order chi connectivity index (χ0) is 13.5. The summed E-state index contributed by atoms with van der Waals surface area (Å²) in [5.41, 5.74) is 1.24. The number of carbonyl (C=O) groups is 1. The molecule has 3 heteroatoms. The van der Waals surface area contributed by atoms with Gasteiger partial charge in [0.2, 0.25) is 5.91 Å². The molecule has 2 aliphatic rings. The molecule has 1 N–H and O–H groups in total. The molecule has 1 unspecified atom stereocenters. The number of carbonyl (C=O) groups excluding carboxylic acids is 1. The molecule has 0 spiro atoms. The number of amides is 1. The minimum Gasteiger partial charge on any atom is -0.312 e. The van der Waals surface area contributed by atoms with Gasteiger partial charge < -0.3 is 5.32 Å². The molecule has 1 amide bonds. The van der Waals surface area contributed by atoms with Gasteiger partial charge in [0, 0.05) is 0 Å². The van der Waals surface area contributed by atoms with Gasteiger partial charge in [0.1, 0.15) is 11.9 Å². The molecule has 3 nitrogen and oxygen atoms in total. The van der Waals surface area contributed by atoms with Crippen molar-refractivity contribution in [3.05, 3.63) is 35.9 Å². The molecule has 1 aliphatic heterocycles. The van der Waals surface area contributed by atoms with Crippen molar-refractivity contribution in [1.82, 2.24) is 5.32 Å². The molecule has 1 aliphatic carbocycles. The van der Waals surface area contributed by atoms with E-state index in [4.69, 9.17) is 4.99 Å². The zero-order valence-electron chi connectivity index (χ0n) is 11.5. The molecule has 1 aromatic carbocycles. The van der Waals surface area contributed by atoms with Gasteiger partial charge in [-0.1, -0.05) is 50.6 Å². The number of hydrogen-bond acceptors (Lipinski definition) is 2. The first-order valence-corrected chi connectivity index (χ1v) is 7.08. The minimum atomic E-state index is -0.212. The molecule has 0 bridgehead atoms. The largest absolute Gasteiger partial charge is 0.312 e. The van der Waals surface area contributed by atoms with Crippen molar-refractivity contribution >= 4 is 11.7 Å². The van der Waals surface area contributed by atoms with Gasteiger partial charge in [-0.25, -0.2) is 0 Å². The molecule has 0 radical (unpaired) electrons. The standard InChI is InChI=1S/C16H20N2O/c1-11(2)13-14(19)18-15(17-13)16(9-6-10-16)12-7-4-3-5-8-12/h3-5,7-8,11,13H,6,9-10H2,1-2H3,(H,17,18,19). The second-order valence-corrected chi connectivity index (χ2v) is 5.96. The summed E-state index contributed by atoms with van der Waals surface area (Å²) in [6.07, 6.45) is 3.37. The van der Waals surface area contributed by atoms with E-state index < -0.39 is 0 Å². The predicted molar refractivity (Wildman–Crippen MR) is 76.2 cm³/mol. The van der Waals surface area contributed by atoms with E-state index in [0.717, 1.165) is 18.7 Å². The topological polar surface area (TPSA) is 41.5 Å². The van der Waals surface area contributed by atoms with Crippen molar-refractivity contribution in [2.24, 2.45) is 10.9 Å². The van der Waals surface area contributed by atoms with Crippen LogP contribution in [0.4, 0.5) is 0 Å². The number of nitrogens with one attached hydrogen (secondary N) is 1. The predicted octanol–water partition coefficient (Wildman–Crippen LogP) is 2.66. The number of hydrogen-bond donors (Lipinski definition) is 1. The van der Waals surface area contributed by atoms with Crippen LogP contribution in [0, 0.1) is 5.92 Å². The Hall–Kier alpha value is -1.64. The van der Waals surface area contributed by atoms with Gasteiger partial charge in [-0.05, 0) is 24.3 Å². The number of amidine groups is 1. The van der Waals surface area contributed by atoms with E-state index in [-0.39, 0.29) is 23.3 Å². The van der Waals surface area contributed by atoms with Crippen LogP contribution in [0.25, 0.3) is 0 Å². The highest BCUT2D eigenvalue weighted by Crippen LogP contribution is 2.45. The van der Waals surface area contributed by atoms with E-state index in [2.05, 4.69) is 29.6 Å². The fourth-order valence-corrected chi connectivity index (χ4v) is 3.07. The Bertz CT molecular complexity index is 515. The van der Waals surface area contributed by atoms with E-state index in [0.29, 0.717) is 0 Å². The van der Waals surface area contributed by atoms with E-state index in [1.807, 2.05) is 19.9 Å². The Labute approximate surface area is 114 Å². The SMILES string of the molecule is CC(C)C1N=C(C2(c3ccccc3)CCC2)NC1=O. The molecule has 1 aromatic rings. The van der Waals surface area contributed by atoms with Crippen LogP contribution in [0.5, 0.6) is 0 Å². The maximum Gasteiger partial charge on any atom is 0.250 e. The first-order chi connectivity index (χ1) is 9.13. The Morgan fingerprint density at radius 3 is 2.42 bits per heavy atom. The van der Waals surface area contributed by atoms with Crippen molar-refractivity contribution in [3.63, 3.8) is 0 Å². The second-order valence-electron chi connectivity index (χ2n) is 5.96. The lowest BCUT2D eigenvalue weighted by Gasteiger charge is -2.42. The van der Waals surface area contributed by atoms with Crippen molar-refractivity contribution in [1.29, 1.82) is 0 Å². The summed E-state index contributed by atoms with van der Waals surface area (Å²) in [5.74, 6) is 1.21. The van der Waals surface area contributed by atoms with Crippen LogP contribution < -0.4 is 5.32 Å². The van der Waals surface area contributed by atoms with Crippen LogP contribution in [0.2, 0.25) is 0 Å². The molecule has 0 aromatic heterocycles. The summed E-state index contributed by atoms with van der Waals surface area (Å²) in [4.78, 5) is 16.7. The van der Waals surface area contributed by atoms with Gasteiger partial charge in [-0.3, -0.25) is 9.79 Å². The summed E-state index contributed by atoms with van der Waals surface area (Å²) >= 11 is 0. The summed E-state index contributed by atoms with van der Waals surface area (Å²) in [5, 5.41) is 3.04. The van der Waals surface area contributed by atoms with E-state index in [1.54, 1.807) is 0 Å². The normalized spacial score (nSPS) is 24.9. The average Bonchev–Trinajstić information content (AvgIpc) is 2.72. The summed E-state index contributed by atoms with van der Waals surface area (Å²) in [7, 11) is 0. The lowest BCUT2D eigenvalue weighted by molar-refractivity contribution is -0.120. The molecule has 19 heavy (non-hydrogen) atoms. The number of nitrogens with zero attached hydrogens (tertiary/aromatic N) is 1. The van der Waals surface area contributed by atoms with Crippen LogP contribution in [-0.2, 0) is 10.2 Å². The Morgan fingerprint density at radius 1 is 1.26 bits per heavy atom. The fourth-order valence-electron chi connectivity index (χ4n) is 3.07. The summed E-state index contributed by atoms with van der Waals surface area (Å²) in [6.45, 7) is 4.10. The molecule has 100 valence electrons. The Kier molecular flexibility index (Phi) is 2.92. The summed E-state index contributed by atoms with van der Waals surface area (Å²) in [6, 6.07) is 10.2. The second kappa shape index (κ2) is 4.48. The minimum absolute atomic E-state index is 0.0411. The van der Waals surface area contributed by atoms with Gasteiger partial charge in [0.25, 0.3) is 0 Å². The van der Waals surface area contributed by atoms with Crippen LogP contribution in [0.15, 0.2) is 35.3 Å². The third-order valence-corrected chi connectivity index (χ3v) is 4.40. The highest BCUT2D eigenvalue weighted by atomic mass is 16.2. The third kappa shape index (κ3) is 1.88. The molecular formula is C16H20N2O. The molecular weight excluding hydrogens is 236 g/mol. The van der Waals surface area contributed by atoms with Crippen molar-refractivity contribution in [2.75, 3.05) is 0 Å². The monoisotopic (exact) mass is 256 g/mol. The molecule has 1 heterocycles. The quantitative estimate of drug-likeness (QED) is 0.887. The van der Waals surface area contributed by atoms with Gasteiger partial charge >= 0.3 is 0 Å². The van der Waals surface area contributed by atoms with Crippen LogP contribution >= 0.6 is 0 Å². The third-order valence-electron chi connectivity index (χ3n) is 4.40. The zero-order valence-corrected chi connectivity index (χ0v) is 11.5. The Balaban J connectivity index is 1.96. The van der Waals surface area contributed by atoms with Gasteiger partial charge in [0.05, 0.1) is 5.41 Å². The van der Waals surface area contributed by atoms with Gasteiger partial charge in [-0.2, -0.15) is 0 Å². The molecule has 3 rings (SSSR count). The lowest BCUT2D eigenvalue weighted by Crippen LogP contribution is -2.48. The van der Waals surface area contributed by atoms with Crippen molar-refractivity contribution in [3.8, 4) is 0 Å².